The fourth-order valence-electron chi connectivity index (χ4n) is 1.96. The minimum absolute atomic E-state index is 0.215. The van der Waals surface area contributed by atoms with Crippen LogP contribution in [-0.4, -0.2) is 17.6 Å². The first-order chi connectivity index (χ1) is 10.0. The smallest absolute Gasteiger partial charge is 0.293 e. The van der Waals surface area contributed by atoms with Gasteiger partial charge in [0, 0.05) is 11.9 Å². The van der Waals surface area contributed by atoms with Crippen molar-refractivity contribution in [2.24, 2.45) is 0 Å². The zero-order chi connectivity index (χ0) is 15.4. The first kappa shape index (κ1) is 14.8. The van der Waals surface area contributed by atoms with Gasteiger partial charge in [0.1, 0.15) is 6.04 Å². The normalized spacial score (nSPS) is 11.8. The van der Waals surface area contributed by atoms with Gasteiger partial charge >= 0.3 is 0 Å². The second kappa shape index (κ2) is 6.26. The molecule has 21 heavy (non-hydrogen) atoms. The highest BCUT2D eigenvalue weighted by Crippen LogP contribution is 2.13. The van der Waals surface area contributed by atoms with E-state index < -0.39 is 6.04 Å². The number of hydrogen-bond acceptors (Lipinski definition) is 3. The molecule has 1 atom stereocenters. The third kappa shape index (κ3) is 3.31. The average Bonchev–Trinajstić information content (AvgIpc) is 2.49. The molecule has 0 saturated heterocycles. The zero-order valence-corrected chi connectivity index (χ0v) is 12.3. The van der Waals surface area contributed by atoms with Crippen LogP contribution < -0.4 is 15.6 Å². The summed E-state index contributed by atoms with van der Waals surface area (Å²) >= 11 is 0. The lowest BCUT2D eigenvalue weighted by Gasteiger charge is -2.16. The van der Waals surface area contributed by atoms with Crippen LogP contribution in [-0.2, 0) is 4.79 Å². The van der Waals surface area contributed by atoms with Crippen molar-refractivity contribution in [3.63, 3.8) is 0 Å². The average molecular weight is 286 g/mol. The first-order valence-electron chi connectivity index (χ1n) is 6.65. The molecule has 5 heteroatoms. The molecule has 110 valence electrons. The minimum atomic E-state index is -0.631. The summed E-state index contributed by atoms with van der Waals surface area (Å²) in [5.74, 6) is -0.0401. The molecule has 0 spiro atoms. The van der Waals surface area contributed by atoms with Crippen molar-refractivity contribution in [2.45, 2.75) is 19.9 Å². The molecule has 0 fully saturated rings. The molecular formula is C16H18N2O3. The van der Waals surface area contributed by atoms with E-state index in [0.29, 0.717) is 5.69 Å². The van der Waals surface area contributed by atoms with Crippen LogP contribution in [0.1, 0.15) is 18.5 Å². The van der Waals surface area contributed by atoms with Crippen LogP contribution in [0.25, 0.3) is 0 Å². The maximum atomic E-state index is 12.2. The molecular weight excluding hydrogens is 268 g/mol. The third-order valence-corrected chi connectivity index (χ3v) is 3.28. The van der Waals surface area contributed by atoms with Crippen molar-refractivity contribution in [2.75, 3.05) is 12.4 Å². The molecule has 0 saturated carbocycles. The third-order valence-electron chi connectivity index (χ3n) is 3.28. The molecule has 0 bridgehead atoms. The van der Waals surface area contributed by atoms with Crippen molar-refractivity contribution in [1.29, 1.82) is 0 Å². The van der Waals surface area contributed by atoms with Crippen LogP contribution in [0.2, 0.25) is 0 Å². The second-order valence-corrected chi connectivity index (χ2v) is 4.82. The van der Waals surface area contributed by atoms with Crippen molar-refractivity contribution in [1.82, 2.24) is 4.57 Å². The van der Waals surface area contributed by atoms with Crippen molar-refractivity contribution < 1.29 is 9.53 Å². The molecule has 0 aliphatic heterocycles. The molecule has 0 aliphatic rings. The number of methoxy groups -OCH3 is 1. The van der Waals surface area contributed by atoms with Gasteiger partial charge in [0.05, 0.1) is 7.11 Å². The monoisotopic (exact) mass is 286 g/mol. The SMILES string of the molecule is COc1cccn(C(C)C(=O)Nc2ccc(C)cc2)c1=O. The number of carbonyl (C=O) groups is 1. The Kier molecular flexibility index (Phi) is 4.42. The predicted octanol–water partition coefficient (Wildman–Crippen LogP) is 2.37. The summed E-state index contributed by atoms with van der Waals surface area (Å²) in [6.07, 6.45) is 1.57. The van der Waals surface area contributed by atoms with Crippen LogP contribution in [0.3, 0.4) is 0 Å². The molecule has 0 aliphatic carbocycles. The highest BCUT2D eigenvalue weighted by atomic mass is 16.5. The summed E-state index contributed by atoms with van der Waals surface area (Å²) in [6.45, 7) is 3.65. The molecule has 0 radical (unpaired) electrons. The van der Waals surface area contributed by atoms with E-state index >= 15 is 0 Å². The number of hydrogen-bond donors (Lipinski definition) is 1. The second-order valence-electron chi connectivity index (χ2n) is 4.82. The summed E-state index contributed by atoms with van der Waals surface area (Å²) in [7, 11) is 1.43. The highest BCUT2D eigenvalue weighted by molar-refractivity contribution is 5.93. The molecule has 2 rings (SSSR count). The summed E-state index contributed by atoms with van der Waals surface area (Å²) in [6, 6.07) is 10.1. The Balaban J connectivity index is 2.20. The van der Waals surface area contributed by atoms with Gasteiger partial charge in [-0.1, -0.05) is 17.7 Å². The first-order valence-corrected chi connectivity index (χ1v) is 6.65. The number of aromatic nitrogens is 1. The van der Waals surface area contributed by atoms with E-state index in [-0.39, 0.29) is 17.2 Å². The number of ether oxygens (including phenoxy) is 1. The molecule has 5 nitrogen and oxygen atoms in total. The number of nitrogens with one attached hydrogen (secondary N) is 1. The lowest BCUT2D eigenvalue weighted by Crippen LogP contribution is -2.31. The number of benzene rings is 1. The fraction of sp³-hybridized carbons (Fsp3) is 0.250. The quantitative estimate of drug-likeness (QED) is 0.938. The van der Waals surface area contributed by atoms with Gasteiger partial charge in [-0.15, -0.1) is 0 Å². The molecule has 1 heterocycles. The molecule has 1 aromatic heterocycles. The molecule has 2 aromatic rings. The molecule has 1 amide bonds. The van der Waals surface area contributed by atoms with E-state index in [1.165, 1.54) is 11.7 Å². The van der Waals surface area contributed by atoms with E-state index in [9.17, 15) is 9.59 Å². The summed E-state index contributed by atoms with van der Waals surface area (Å²) < 4.78 is 6.33. The highest BCUT2D eigenvalue weighted by Gasteiger charge is 2.17. The maximum absolute atomic E-state index is 12.2. The maximum Gasteiger partial charge on any atom is 0.293 e. The Morgan fingerprint density at radius 3 is 2.52 bits per heavy atom. The van der Waals surface area contributed by atoms with Gasteiger partial charge in [-0.25, -0.2) is 0 Å². The molecule has 1 N–H and O–H groups in total. The number of rotatable bonds is 4. The van der Waals surface area contributed by atoms with Gasteiger partial charge in [0.15, 0.2) is 5.75 Å². The number of amides is 1. The van der Waals surface area contributed by atoms with E-state index in [0.717, 1.165) is 5.56 Å². The number of anilines is 1. The van der Waals surface area contributed by atoms with Gasteiger partial charge in [-0.05, 0) is 38.1 Å². The van der Waals surface area contributed by atoms with Crippen LogP contribution in [0.5, 0.6) is 5.75 Å². The van der Waals surface area contributed by atoms with Gasteiger partial charge < -0.3 is 14.6 Å². The van der Waals surface area contributed by atoms with Crippen LogP contribution in [0, 0.1) is 6.92 Å². The number of pyridine rings is 1. The van der Waals surface area contributed by atoms with Gasteiger partial charge in [-0.3, -0.25) is 9.59 Å². The Morgan fingerprint density at radius 1 is 1.24 bits per heavy atom. The van der Waals surface area contributed by atoms with Crippen LogP contribution in [0.4, 0.5) is 5.69 Å². The largest absolute Gasteiger partial charge is 0.491 e. The van der Waals surface area contributed by atoms with Gasteiger partial charge in [0.25, 0.3) is 5.56 Å². The van der Waals surface area contributed by atoms with Crippen molar-refractivity contribution >= 4 is 11.6 Å². The van der Waals surface area contributed by atoms with E-state index in [4.69, 9.17) is 4.74 Å². The summed E-state index contributed by atoms with van der Waals surface area (Å²) in [5, 5.41) is 2.79. The van der Waals surface area contributed by atoms with Crippen LogP contribution >= 0.6 is 0 Å². The topological polar surface area (TPSA) is 60.3 Å². The van der Waals surface area contributed by atoms with Crippen molar-refractivity contribution in [3.8, 4) is 5.75 Å². The number of carbonyl (C=O) groups excluding carboxylic acids is 1. The van der Waals surface area contributed by atoms with Gasteiger partial charge in [0.2, 0.25) is 5.91 Å². The van der Waals surface area contributed by atoms with E-state index in [2.05, 4.69) is 5.32 Å². The lowest BCUT2D eigenvalue weighted by atomic mass is 10.2. The van der Waals surface area contributed by atoms with Crippen LogP contribution in [0.15, 0.2) is 47.4 Å². The number of aryl methyl sites for hydroxylation is 1. The predicted molar refractivity (Wildman–Crippen MR) is 81.8 cm³/mol. The Bertz CT molecular complexity index is 689. The fourth-order valence-corrected chi connectivity index (χ4v) is 1.96. The number of nitrogens with zero attached hydrogens (tertiary/aromatic N) is 1. The molecule has 1 aromatic carbocycles. The van der Waals surface area contributed by atoms with E-state index in [1.54, 1.807) is 25.3 Å². The minimum Gasteiger partial charge on any atom is -0.491 e. The Morgan fingerprint density at radius 2 is 1.90 bits per heavy atom. The van der Waals surface area contributed by atoms with Crippen molar-refractivity contribution in [3.05, 3.63) is 58.5 Å². The lowest BCUT2D eigenvalue weighted by molar-refractivity contribution is -0.118. The van der Waals surface area contributed by atoms with Gasteiger partial charge in [-0.2, -0.15) is 0 Å². The standard InChI is InChI=1S/C16H18N2O3/c1-11-6-8-13(9-7-11)17-15(19)12(2)18-10-4-5-14(21-3)16(18)20/h4-10,12H,1-3H3,(H,17,19). The summed E-state index contributed by atoms with van der Waals surface area (Å²) in [4.78, 5) is 24.3. The molecule has 1 unspecified atom stereocenters. The Labute approximate surface area is 123 Å². The Hall–Kier alpha value is -2.56. The summed E-state index contributed by atoms with van der Waals surface area (Å²) in [5.41, 5.74) is 1.49. The zero-order valence-electron chi connectivity index (χ0n) is 12.3. The van der Waals surface area contributed by atoms with E-state index in [1.807, 2.05) is 31.2 Å².